The van der Waals surface area contributed by atoms with Crippen LogP contribution in [0.2, 0.25) is 0 Å². The third-order valence-corrected chi connectivity index (χ3v) is 3.63. The smallest absolute Gasteiger partial charge is 0.199 e. The summed E-state index contributed by atoms with van der Waals surface area (Å²) in [6.07, 6.45) is 0.756. The van der Waals surface area contributed by atoms with E-state index in [2.05, 4.69) is 0 Å². The topological polar surface area (TPSA) is 34.1 Å². The molecule has 0 aliphatic rings. The predicted octanol–water partition coefficient (Wildman–Crippen LogP) is 2.77. The molecule has 76 valence electrons. The zero-order valence-electron chi connectivity index (χ0n) is 8.40. The van der Waals surface area contributed by atoms with Gasteiger partial charge in [-0.3, -0.25) is 0 Å². The molecule has 0 amide bonds. The average Bonchev–Trinajstić information content (AvgIpc) is 2.18. The molecule has 0 spiro atoms. The maximum absolute atomic E-state index is 11.7. The van der Waals surface area contributed by atoms with E-state index in [1.54, 1.807) is 30.3 Å². The van der Waals surface area contributed by atoms with Crippen LogP contribution in [0.25, 0.3) is 0 Å². The molecule has 0 unspecified atom stereocenters. The molecule has 3 heteroatoms. The van der Waals surface area contributed by atoms with Crippen LogP contribution in [0, 0.1) is 0 Å². The van der Waals surface area contributed by atoms with E-state index in [9.17, 15) is 8.42 Å². The molecule has 0 fully saturated rings. The second-order valence-corrected chi connectivity index (χ2v) is 4.97. The van der Waals surface area contributed by atoms with E-state index in [1.165, 1.54) is 5.41 Å². The molecule has 0 saturated carbocycles. The Morgan fingerprint density at radius 2 is 1.86 bits per heavy atom. The summed E-state index contributed by atoms with van der Waals surface area (Å²) >= 11 is 0. The van der Waals surface area contributed by atoms with Crippen LogP contribution in [0.3, 0.4) is 0 Å². The molecule has 0 radical (unpaired) electrons. The SMILES string of the molecule is CC/C(C)=C/S(=O)(=O)c1ccccc1. The van der Waals surface area contributed by atoms with Crippen molar-refractivity contribution >= 4 is 9.84 Å². The van der Waals surface area contributed by atoms with Crippen LogP contribution < -0.4 is 0 Å². The first-order valence-corrected chi connectivity index (χ1v) is 6.08. The first-order chi connectivity index (χ1) is 6.56. The first-order valence-electron chi connectivity index (χ1n) is 4.53. The highest BCUT2D eigenvalue weighted by atomic mass is 32.2. The van der Waals surface area contributed by atoms with E-state index in [4.69, 9.17) is 0 Å². The van der Waals surface area contributed by atoms with Crippen LogP contribution in [0.15, 0.2) is 46.2 Å². The summed E-state index contributed by atoms with van der Waals surface area (Å²) in [5.41, 5.74) is 0.869. The predicted molar refractivity (Wildman–Crippen MR) is 57.7 cm³/mol. The van der Waals surface area contributed by atoms with Crippen molar-refractivity contribution in [2.45, 2.75) is 25.2 Å². The van der Waals surface area contributed by atoms with E-state index in [0.29, 0.717) is 4.90 Å². The minimum absolute atomic E-state index is 0.354. The Hall–Kier alpha value is -1.09. The number of hydrogen-bond acceptors (Lipinski definition) is 2. The highest BCUT2D eigenvalue weighted by molar-refractivity contribution is 7.94. The second-order valence-electron chi connectivity index (χ2n) is 3.18. The number of benzene rings is 1. The summed E-state index contributed by atoms with van der Waals surface area (Å²) in [5, 5.41) is 1.34. The van der Waals surface area contributed by atoms with Crippen molar-refractivity contribution in [1.29, 1.82) is 0 Å². The third-order valence-electron chi connectivity index (χ3n) is 1.99. The van der Waals surface area contributed by atoms with Crippen molar-refractivity contribution in [2.75, 3.05) is 0 Å². The summed E-state index contributed by atoms with van der Waals surface area (Å²) in [6.45, 7) is 3.76. The first kappa shape index (κ1) is 11.0. The van der Waals surface area contributed by atoms with Crippen LogP contribution in [-0.4, -0.2) is 8.42 Å². The lowest BCUT2D eigenvalue weighted by Crippen LogP contribution is -1.96. The van der Waals surface area contributed by atoms with Gasteiger partial charge in [-0.05, 0) is 25.5 Å². The maximum Gasteiger partial charge on any atom is 0.199 e. The van der Waals surface area contributed by atoms with Gasteiger partial charge in [0.25, 0.3) is 0 Å². The van der Waals surface area contributed by atoms with Gasteiger partial charge in [-0.2, -0.15) is 0 Å². The van der Waals surface area contributed by atoms with Gasteiger partial charge in [0.1, 0.15) is 0 Å². The molecule has 0 N–H and O–H groups in total. The molecule has 1 aromatic rings. The standard InChI is InChI=1S/C11H14O2S/c1-3-10(2)9-14(12,13)11-7-5-4-6-8-11/h4-9H,3H2,1-2H3/b10-9+. The Balaban J connectivity index is 3.11. The fraction of sp³-hybridized carbons (Fsp3) is 0.273. The fourth-order valence-electron chi connectivity index (χ4n) is 1.03. The van der Waals surface area contributed by atoms with E-state index < -0.39 is 9.84 Å². The fourth-order valence-corrected chi connectivity index (χ4v) is 2.40. The van der Waals surface area contributed by atoms with Gasteiger partial charge in [-0.1, -0.05) is 30.7 Å². The third kappa shape index (κ3) is 2.70. The minimum Gasteiger partial charge on any atom is -0.219 e. The largest absolute Gasteiger partial charge is 0.219 e. The molecule has 0 atom stereocenters. The molecule has 0 heterocycles. The molecule has 2 nitrogen and oxygen atoms in total. The molecular weight excluding hydrogens is 196 g/mol. The minimum atomic E-state index is -3.23. The van der Waals surface area contributed by atoms with E-state index in [-0.39, 0.29) is 0 Å². The van der Waals surface area contributed by atoms with Crippen molar-refractivity contribution in [2.24, 2.45) is 0 Å². The van der Waals surface area contributed by atoms with Gasteiger partial charge in [0, 0.05) is 5.41 Å². The summed E-state index contributed by atoms with van der Waals surface area (Å²) in [5.74, 6) is 0. The number of sulfone groups is 1. The Bertz CT molecular complexity index is 416. The zero-order valence-corrected chi connectivity index (χ0v) is 9.21. The Morgan fingerprint density at radius 1 is 1.29 bits per heavy atom. The molecular formula is C11H14O2S. The summed E-state index contributed by atoms with van der Waals surface area (Å²) in [6, 6.07) is 8.46. The molecule has 14 heavy (non-hydrogen) atoms. The maximum atomic E-state index is 11.7. The highest BCUT2D eigenvalue weighted by Gasteiger charge is 2.09. The van der Waals surface area contributed by atoms with Gasteiger partial charge in [0.2, 0.25) is 0 Å². The van der Waals surface area contributed by atoms with Gasteiger partial charge in [0.05, 0.1) is 4.90 Å². The summed E-state index contributed by atoms with van der Waals surface area (Å²) < 4.78 is 23.5. The van der Waals surface area contributed by atoms with Crippen molar-refractivity contribution in [3.8, 4) is 0 Å². The number of hydrogen-bond donors (Lipinski definition) is 0. The van der Waals surface area contributed by atoms with Gasteiger partial charge in [0.15, 0.2) is 9.84 Å². The normalized spacial score (nSPS) is 12.9. The van der Waals surface area contributed by atoms with E-state index >= 15 is 0 Å². The van der Waals surface area contributed by atoms with Crippen LogP contribution >= 0.6 is 0 Å². The van der Waals surface area contributed by atoms with E-state index in [0.717, 1.165) is 12.0 Å². The molecule has 0 aliphatic carbocycles. The van der Waals surface area contributed by atoms with Crippen molar-refractivity contribution in [3.05, 3.63) is 41.3 Å². The number of rotatable bonds is 3. The molecule has 1 aromatic carbocycles. The van der Waals surface area contributed by atoms with Crippen molar-refractivity contribution in [1.82, 2.24) is 0 Å². The van der Waals surface area contributed by atoms with Gasteiger partial charge >= 0.3 is 0 Å². The summed E-state index contributed by atoms with van der Waals surface area (Å²) in [7, 11) is -3.23. The lowest BCUT2D eigenvalue weighted by molar-refractivity contribution is 0.604. The molecule has 0 bridgehead atoms. The molecule has 0 aliphatic heterocycles. The van der Waals surface area contributed by atoms with Crippen LogP contribution in [0.1, 0.15) is 20.3 Å². The van der Waals surface area contributed by atoms with Crippen LogP contribution in [0.5, 0.6) is 0 Å². The second kappa shape index (κ2) is 4.42. The Kier molecular flexibility index (Phi) is 3.47. The van der Waals surface area contributed by atoms with Gasteiger partial charge in [-0.15, -0.1) is 0 Å². The Labute approximate surface area is 85.2 Å². The summed E-state index contributed by atoms with van der Waals surface area (Å²) in [4.78, 5) is 0.354. The Morgan fingerprint density at radius 3 is 2.36 bits per heavy atom. The molecule has 1 rings (SSSR count). The number of allylic oxidation sites excluding steroid dienone is 1. The highest BCUT2D eigenvalue weighted by Crippen LogP contribution is 2.14. The van der Waals surface area contributed by atoms with Crippen molar-refractivity contribution < 1.29 is 8.42 Å². The van der Waals surface area contributed by atoms with E-state index in [1.807, 2.05) is 13.8 Å². The van der Waals surface area contributed by atoms with Crippen LogP contribution in [0.4, 0.5) is 0 Å². The van der Waals surface area contributed by atoms with Gasteiger partial charge < -0.3 is 0 Å². The average molecular weight is 210 g/mol. The molecule has 0 saturated heterocycles. The lowest BCUT2D eigenvalue weighted by atomic mass is 10.3. The monoisotopic (exact) mass is 210 g/mol. The van der Waals surface area contributed by atoms with Gasteiger partial charge in [-0.25, -0.2) is 8.42 Å². The lowest BCUT2D eigenvalue weighted by Gasteiger charge is -1.99. The molecule has 0 aromatic heterocycles. The quantitative estimate of drug-likeness (QED) is 0.768. The van der Waals surface area contributed by atoms with Crippen LogP contribution in [-0.2, 0) is 9.84 Å². The zero-order chi connectivity index (χ0) is 10.6. The van der Waals surface area contributed by atoms with Crippen molar-refractivity contribution in [3.63, 3.8) is 0 Å².